The van der Waals surface area contributed by atoms with Gasteiger partial charge < -0.3 is 24.1 Å². The van der Waals surface area contributed by atoms with E-state index in [0.29, 0.717) is 13.0 Å². The first-order valence-electron chi connectivity index (χ1n) is 9.39. The van der Waals surface area contributed by atoms with Gasteiger partial charge in [0.15, 0.2) is 6.29 Å². The number of hydrogen-bond acceptors (Lipinski definition) is 7. The Bertz CT molecular complexity index is 578. The summed E-state index contributed by atoms with van der Waals surface area (Å²) >= 11 is 0. The Morgan fingerprint density at radius 2 is 1.93 bits per heavy atom. The lowest BCUT2D eigenvalue weighted by molar-refractivity contribution is -0.183. The Kier molecular flexibility index (Phi) is 9.07. The fourth-order valence-electron chi connectivity index (χ4n) is 2.62. The lowest BCUT2D eigenvalue weighted by atomic mass is 10.1. The van der Waals surface area contributed by atoms with Crippen LogP contribution in [0.4, 0.5) is 0 Å². The van der Waals surface area contributed by atoms with Crippen LogP contribution in [0.3, 0.4) is 0 Å². The highest BCUT2D eigenvalue weighted by Crippen LogP contribution is 2.14. The van der Waals surface area contributed by atoms with Crippen molar-refractivity contribution in [1.82, 2.24) is 0 Å². The average Bonchev–Trinajstić information content (AvgIpc) is 2.67. The summed E-state index contributed by atoms with van der Waals surface area (Å²) in [5.74, 6) is -0.698. The van der Waals surface area contributed by atoms with Crippen molar-refractivity contribution in [3.63, 3.8) is 0 Å². The van der Waals surface area contributed by atoms with E-state index in [-0.39, 0.29) is 38.1 Å². The molecule has 0 aromatic heterocycles. The van der Waals surface area contributed by atoms with Gasteiger partial charge in [0.05, 0.1) is 26.1 Å². The topological polar surface area (TPSA) is 91.3 Å². The lowest BCUT2D eigenvalue weighted by Gasteiger charge is -2.24. The normalized spacial score (nSPS) is 17.9. The third-order valence-electron chi connectivity index (χ3n) is 4.11. The highest BCUT2D eigenvalue weighted by molar-refractivity contribution is 5.77. The second-order valence-corrected chi connectivity index (χ2v) is 6.57. The molecule has 1 unspecified atom stereocenters. The molecule has 0 radical (unpaired) electrons. The molecule has 1 saturated heterocycles. The van der Waals surface area contributed by atoms with E-state index in [4.69, 9.17) is 18.9 Å². The summed E-state index contributed by atoms with van der Waals surface area (Å²) in [4.78, 5) is 23.5. The summed E-state index contributed by atoms with van der Waals surface area (Å²) < 4.78 is 21.4. The summed E-state index contributed by atoms with van der Waals surface area (Å²) in [5, 5.41) is 9.21. The minimum atomic E-state index is -0.453. The minimum Gasteiger partial charge on any atom is -0.508 e. The number of esters is 2. The quantitative estimate of drug-likeness (QED) is 0.624. The van der Waals surface area contributed by atoms with Crippen LogP contribution in [0.15, 0.2) is 24.3 Å². The number of hydrogen-bond donors (Lipinski definition) is 1. The highest BCUT2D eigenvalue weighted by Gasteiger charge is 2.17. The molecule has 2 rings (SSSR count). The molecule has 2 atom stereocenters. The smallest absolute Gasteiger partial charge is 0.306 e. The molecular weight excluding hydrogens is 352 g/mol. The van der Waals surface area contributed by atoms with Crippen molar-refractivity contribution in [2.75, 3.05) is 19.8 Å². The molecule has 1 aliphatic heterocycles. The van der Waals surface area contributed by atoms with Gasteiger partial charge in [-0.3, -0.25) is 9.59 Å². The predicted molar refractivity (Wildman–Crippen MR) is 97.1 cm³/mol. The van der Waals surface area contributed by atoms with Crippen molar-refractivity contribution in [2.45, 2.75) is 57.8 Å². The van der Waals surface area contributed by atoms with Gasteiger partial charge in [-0.1, -0.05) is 12.1 Å². The molecule has 1 fully saturated rings. The van der Waals surface area contributed by atoms with Gasteiger partial charge in [-0.15, -0.1) is 0 Å². The highest BCUT2D eigenvalue weighted by atomic mass is 16.7. The molecule has 27 heavy (non-hydrogen) atoms. The summed E-state index contributed by atoms with van der Waals surface area (Å²) in [6.07, 6.45) is 2.88. The molecule has 1 aromatic rings. The maximum atomic E-state index is 11.8. The largest absolute Gasteiger partial charge is 0.508 e. The number of aromatic hydroxyl groups is 1. The predicted octanol–water partition coefficient (Wildman–Crippen LogP) is 2.73. The Balaban J connectivity index is 1.53. The van der Waals surface area contributed by atoms with Crippen LogP contribution in [0, 0.1) is 0 Å². The summed E-state index contributed by atoms with van der Waals surface area (Å²) in [5.41, 5.74) is 0.954. The van der Waals surface area contributed by atoms with Gasteiger partial charge in [-0.05, 0) is 43.9 Å². The standard InChI is InChI=1S/C20H28O7/c1-15(14-26-20-4-2-3-12-25-20)27-19(23)10-9-18(22)24-13-11-16-5-7-17(21)8-6-16/h5-8,15,20-21H,2-4,9-14H2,1H3/t15-,20?/m1/s1. The fourth-order valence-corrected chi connectivity index (χ4v) is 2.62. The third-order valence-corrected chi connectivity index (χ3v) is 4.11. The van der Waals surface area contributed by atoms with E-state index in [1.807, 2.05) is 0 Å². The van der Waals surface area contributed by atoms with Gasteiger partial charge in [0.25, 0.3) is 0 Å². The number of carbonyl (C=O) groups excluding carboxylic acids is 2. The van der Waals surface area contributed by atoms with Crippen molar-refractivity contribution in [3.05, 3.63) is 29.8 Å². The zero-order valence-corrected chi connectivity index (χ0v) is 15.7. The first-order valence-corrected chi connectivity index (χ1v) is 9.39. The molecule has 0 saturated carbocycles. The van der Waals surface area contributed by atoms with Crippen LogP contribution in [-0.2, 0) is 35.0 Å². The number of phenolic OH excluding ortho intramolecular Hbond substituents is 1. The molecule has 1 aliphatic rings. The van der Waals surface area contributed by atoms with Crippen LogP contribution in [-0.4, -0.2) is 49.3 Å². The first-order chi connectivity index (χ1) is 13.0. The lowest BCUT2D eigenvalue weighted by Crippen LogP contribution is -2.28. The van der Waals surface area contributed by atoms with Gasteiger partial charge in [-0.25, -0.2) is 0 Å². The molecule has 0 amide bonds. The third kappa shape index (κ3) is 8.88. The van der Waals surface area contributed by atoms with E-state index in [9.17, 15) is 14.7 Å². The van der Waals surface area contributed by atoms with Crippen LogP contribution < -0.4 is 0 Å². The number of rotatable bonds is 10. The Labute approximate surface area is 159 Å². The Morgan fingerprint density at radius 3 is 2.63 bits per heavy atom. The molecule has 1 heterocycles. The van der Waals surface area contributed by atoms with Crippen LogP contribution >= 0.6 is 0 Å². The van der Waals surface area contributed by atoms with Crippen LogP contribution in [0.5, 0.6) is 5.75 Å². The molecule has 1 aromatic carbocycles. The van der Waals surface area contributed by atoms with Gasteiger partial charge in [0, 0.05) is 13.0 Å². The summed E-state index contributed by atoms with van der Waals surface area (Å²) in [6.45, 7) is 2.95. The van der Waals surface area contributed by atoms with E-state index in [0.717, 1.165) is 24.8 Å². The Morgan fingerprint density at radius 1 is 1.19 bits per heavy atom. The molecule has 0 aliphatic carbocycles. The molecule has 0 bridgehead atoms. The van der Waals surface area contributed by atoms with Crippen molar-refractivity contribution < 1.29 is 33.6 Å². The Hall–Kier alpha value is -2.12. The minimum absolute atomic E-state index is 0.0201. The molecule has 1 N–H and O–H groups in total. The molecule has 0 spiro atoms. The molecule has 150 valence electrons. The number of benzene rings is 1. The van der Waals surface area contributed by atoms with Gasteiger partial charge in [0.2, 0.25) is 0 Å². The van der Waals surface area contributed by atoms with Crippen LogP contribution in [0.2, 0.25) is 0 Å². The van der Waals surface area contributed by atoms with Crippen molar-refractivity contribution >= 4 is 11.9 Å². The second kappa shape index (κ2) is 11.6. The average molecular weight is 380 g/mol. The molecule has 7 nitrogen and oxygen atoms in total. The number of ether oxygens (including phenoxy) is 4. The van der Waals surface area contributed by atoms with Gasteiger partial charge in [-0.2, -0.15) is 0 Å². The maximum Gasteiger partial charge on any atom is 0.306 e. The first kappa shape index (κ1) is 21.2. The second-order valence-electron chi connectivity index (χ2n) is 6.57. The van der Waals surface area contributed by atoms with E-state index < -0.39 is 18.0 Å². The van der Waals surface area contributed by atoms with Crippen LogP contribution in [0.1, 0.15) is 44.6 Å². The van der Waals surface area contributed by atoms with E-state index in [1.165, 1.54) is 0 Å². The monoisotopic (exact) mass is 380 g/mol. The van der Waals surface area contributed by atoms with Crippen LogP contribution in [0.25, 0.3) is 0 Å². The molecule has 7 heteroatoms. The summed E-state index contributed by atoms with van der Waals surface area (Å²) in [7, 11) is 0. The molecular formula is C20H28O7. The van der Waals surface area contributed by atoms with E-state index in [2.05, 4.69) is 0 Å². The summed E-state index contributed by atoms with van der Waals surface area (Å²) in [6, 6.07) is 6.70. The zero-order chi connectivity index (χ0) is 19.5. The van der Waals surface area contributed by atoms with Crippen molar-refractivity contribution in [1.29, 1.82) is 0 Å². The SMILES string of the molecule is C[C@H](COC1CCCCO1)OC(=O)CCC(=O)OCCc1ccc(O)cc1. The maximum absolute atomic E-state index is 11.8. The van der Waals surface area contributed by atoms with E-state index >= 15 is 0 Å². The zero-order valence-electron chi connectivity index (χ0n) is 15.7. The fraction of sp³-hybridized carbons (Fsp3) is 0.600. The number of carbonyl (C=O) groups is 2. The van der Waals surface area contributed by atoms with Crippen molar-refractivity contribution in [3.8, 4) is 5.75 Å². The van der Waals surface area contributed by atoms with E-state index in [1.54, 1.807) is 31.2 Å². The number of phenols is 1. The van der Waals surface area contributed by atoms with Crippen molar-refractivity contribution in [2.24, 2.45) is 0 Å². The van der Waals surface area contributed by atoms with Gasteiger partial charge in [0.1, 0.15) is 11.9 Å². The van der Waals surface area contributed by atoms with Gasteiger partial charge >= 0.3 is 11.9 Å².